The number of methoxy groups -OCH3 is 1. The number of aliphatic hydroxyl groups excluding tert-OH is 1. The standard InChI is InChI=1S/C22H39N3O3/c1-17(2)23(5)15-20(26)16-28-22-13-19(7-8-21(22)27-6)14-24-9-11-25(12-10-24)18(3)4/h7-8,13,17-18,20,26H,9-12,14-16H2,1-6H3. The average Bonchev–Trinajstić information content (AvgIpc) is 2.66. The molecule has 1 fully saturated rings. The molecule has 0 saturated carbocycles. The van der Waals surface area contributed by atoms with Gasteiger partial charge in [-0.15, -0.1) is 0 Å². The van der Waals surface area contributed by atoms with Gasteiger partial charge in [-0.05, 0) is 52.4 Å². The van der Waals surface area contributed by atoms with Crippen molar-refractivity contribution in [3.05, 3.63) is 23.8 Å². The molecule has 1 aromatic carbocycles. The van der Waals surface area contributed by atoms with Gasteiger partial charge < -0.3 is 19.5 Å². The van der Waals surface area contributed by atoms with E-state index in [4.69, 9.17) is 9.47 Å². The molecule has 1 aromatic rings. The number of nitrogens with zero attached hydrogens (tertiary/aromatic N) is 3. The Balaban J connectivity index is 1.92. The molecular formula is C22H39N3O3. The van der Waals surface area contributed by atoms with Crippen LogP contribution in [-0.4, -0.2) is 91.5 Å². The Bertz CT molecular complexity index is 586. The number of likely N-dealkylation sites (N-methyl/N-ethyl adjacent to an activating group) is 1. The van der Waals surface area contributed by atoms with Gasteiger partial charge in [0.1, 0.15) is 12.7 Å². The molecule has 1 aliphatic rings. The van der Waals surface area contributed by atoms with E-state index in [1.54, 1.807) is 7.11 Å². The van der Waals surface area contributed by atoms with Crippen molar-refractivity contribution < 1.29 is 14.6 Å². The third-order valence-corrected chi connectivity index (χ3v) is 5.58. The van der Waals surface area contributed by atoms with Crippen molar-refractivity contribution in [2.75, 3.05) is 53.5 Å². The lowest BCUT2D eigenvalue weighted by atomic mass is 10.1. The fourth-order valence-corrected chi connectivity index (χ4v) is 3.41. The summed E-state index contributed by atoms with van der Waals surface area (Å²) in [5.74, 6) is 1.41. The van der Waals surface area contributed by atoms with Crippen LogP contribution in [0.2, 0.25) is 0 Å². The first kappa shape index (κ1) is 22.9. The molecule has 1 atom stereocenters. The quantitative estimate of drug-likeness (QED) is 0.658. The smallest absolute Gasteiger partial charge is 0.161 e. The van der Waals surface area contributed by atoms with E-state index in [0.29, 0.717) is 30.1 Å². The zero-order valence-corrected chi connectivity index (χ0v) is 18.5. The summed E-state index contributed by atoms with van der Waals surface area (Å²) in [7, 11) is 3.66. The number of hydrogen-bond acceptors (Lipinski definition) is 6. The van der Waals surface area contributed by atoms with E-state index < -0.39 is 6.10 Å². The fraction of sp³-hybridized carbons (Fsp3) is 0.727. The molecule has 0 spiro atoms. The van der Waals surface area contributed by atoms with Crippen LogP contribution in [0.15, 0.2) is 18.2 Å². The number of aliphatic hydroxyl groups is 1. The first-order chi connectivity index (χ1) is 13.3. The van der Waals surface area contributed by atoms with Crippen LogP contribution in [0.1, 0.15) is 33.3 Å². The maximum absolute atomic E-state index is 10.3. The molecule has 6 nitrogen and oxygen atoms in total. The summed E-state index contributed by atoms with van der Waals surface area (Å²) in [4.78, 5) is 7.12. The molecule has 0 aliphatic carbocycles. The highest BCUT2D eigenvalue weighted by molar-refractivity contribution is 5.43. The van der Waals surface area contributed by atoms with E-state index in [-0.39, 0.29) is 6.61 Å². The number of rotatable bonds is 10. The SMILES string of the molecule is COc1ccc(CN2CCN(C(C)C)CC2)cc1OCC(O)CN(C)C(C)C. The second-order valence-electron chi connectivity index (χ2n) is 8.39. The number of hydrogen-bond donors (Lipinski definition) is 1. The number of piperazine rings is 1. The topological polar surface area (TPSA) is 48.4 Å². The highest BCUT2D eigenvalue weighted by Gasteiger charge is 2.19. The van der Waals surface area contributed by atoms with Crippen molar-refractivity contribution >= 4 is 0 Å². The summed E-state index contributed by atoms with van der Waals surface area (Å²) in [6.07, 6.45) is -0.537. The molecule has 1 saturated heterocycles. The van der Waals surface area contributed by atoms with Gasteiger partial charge >= 0.3 is 0 Å². The van der Waals surface area contributed by atoms with Crippen LogP contribution >= 0.6 is 0 Å². The van der Waals surface area contributed by atoms with Crippen LogP contribution in [0.25, 0.3) is 0 Å². The lowest BCUT2D eigenvalue weighted by molar-refractivity contribution is 0.0667. The van der Waals surface area contributed by atoms with Crippen LogP contribution in [-0.2, 0) is 6.54 Å². The Hall–Kier alpha value is -1.34. The Morgan fingerprint density at radius 2 is 1.75 bits per heavy atom. The normalized spacial score (nSPS) is 17.5. The third-order valence-electron chi connectivity index (χ3n) is 5.58. The van der Waals surface area contributed by atoms with Crippen LogP contribution in [0.4, 0.5) is 0 Å². The molecule has 0 radical (unpaired) electrons. The molecule has 28 heavy (non-hydrogen) atoms. The second-order valence-corrected chi connectivity index (χ2v) is 8.39. The lowest BCUT2D eigenvalue weighted by Gasteiger charge is -2.37. The Morgan fingerprint density at radius 3 is 2.32 bits per heavy atom. The maximum atomic E-state index is 10.3. The maximum Gasteiger partial charge on any atom is 0.161 e. The van der Waals surface area contributed by atoms with Crippen LogP contribution in [0.5, 0.6) is 11.5 Å². The molecular weight excluding hydrogens is 354 g/mol. The van der Waals surface area contributed by atoms with Crippen molar-refractivity contribution in [1.29, 1.82) is 0 Å². The molecule has 1 aliphatic heterocycles. The molecule has 6 heteroatoms. The Labute approximate surface area is 171 Å². The van der Waals surface area contributed by atoms with Crippen molar-refractivity contribution in [2.24, 2.45) is 0 Å². The van der Waals surface area contributed by atoms with E-state index in [2.05, 4.69) is 48.5 Å². The summed E-state index contributed by atoms with van der Waals surface area (Å²) in [5, 5.41) is 10.3. The number of ether oxygens (including phenoxy) is 2. The first-order valence-electron chi connectivity index (χ1n) is 10.4. The van der Waals surface area contributed by atoms with E-state index in [1.165, 1.54) is 5.56 Å². The van der Waals surface area contributed by atoms with E-state index >= 15 is 0 Å². The highest BCUT2D eigenvalue weighted by atomic mass is 16.5. The minimum absolute atomic E-state index is 0.254. The van der Waals surface area contributed by atoms with Crippen LogP contribution in [0.3, 0.4) is 0 Å². The highest BCUT2D eigenvalue weighted by Crippen LogP contribution is 2.29. The second kappa shape index (κ2) is 11.0. The predicted octanol–water partition coefficient (Wildman–Crippen LogP) is 2.30. The molecule has 2 rings (SSSR count). The van der Waals surface area contributed by atoms with Crippen LogP contribution in [0, 0.1) is 0 Å². The lowest BCUT2D eigenvalue weighted by Crippen LogP contribution is -2.48. The zero-order chi connectivity index (χ0) is 20.7. The largest absolute Gasteiger partial charge is 0.493 e. The molecule has 1 heterocycles. The van der Waals surface area contributed by atoms with Gasteiger partial charge in [-0.2, -0.15) is 0 Å². The summed E-state index contributed by atoms with van der Waals surface area (Å²) in [5.41, 5.74) is 1.21. The van der Waals surface area contributed by atoms with Crippen molar-refractivity contribution in [3.63, 3.8) is 0 Å². The Kier molecular flexibility index (Phi) is 9.02. The van der Waals surface area contributed by atoms with Gasteiger partial charge in [0.2, 0.25) is 0 Å². The van der Waals surface area contributed by atoms with Crippen molar-refractivity contribution in [2.45, 2.75) is 52.4 Å². The molecule has 1 N–H and O–H groups in total. The minimum atomic E-state index is -0.537. The minimum Gasteiger partial charge on any atom is -0.493 e. The van der Waals surface area contributed by atoms with Gasteiger partial charge in [-0.1, -0.05) is 6.07 Å². The summed E-state index contributed by atoms with van der Waals surface area (Å²) < 4.78 is 11.4. The van der Waals surface area contributed by atoms with Crippen molar-refractivity contribution in [1.82, 2.24) is 14.7 Å². The van der Waals surface area contributed by atoms with E-state index in [0.717, 1.165) is 32.7 Å². The summed E-state index contributed by atoms with van der Waals surface area (Å²) in [6, 6.07) is 7.12. The van der Waals surface area contributed by atoms with Gasteiger partial charge in [-0.3, -0.25) is 9.80 Å². The molecule has 1 unspecified atom stereocenters. The average molecular weight is 394 g/mol. The molecule has 0 aromatic heterocycles. The van der Waals surface area contributed by atoms with Gasteiger partial charge in [-0.25, -0.2) is 0 Å². The molecule has 0 amide bonds. The number of benzene rings is 1. The van der Waals surface area contributed by atoms with E-state index in [9.17, 15) is 5.11 Å². The fourth-order valence-electron chi connectivity index (χ4n) is 3.41. The van der Waals surface area contributed by atoms with Crippen molar-refractivity contribution in [3.8, 4) is 11.5 Å². The first-order valence-corrected chi connectivity index (χ1v) is 10.4. The zero-order valence-electron chi connectivity index (χ0n) is 18.5. The van der Waals surface area contributed by atoms with E-state index in [1.807, 2.05) is 19.2 Å². The molecule has 160 valence electrons. The molecule has 0 bridgehead atoms. The van der Waals surface area contributed by atoms with Crippen LogP contribution < -0.4 is 9.47 Å². The summed E-state index contributed by atoms with van der Waals surface area (Å²) in [6.45, 7) is 14.9. The van der Waals surface area contributed by atoms with Gasteiger partial charge in [0.05, 0.1) is 7.11 Å². The van der Waals surface area contributed by atoms with Gasteiger partial charge in [0.15, 0.2) is 11.5 Å². The summed E-state index contributed by atoms with van der Waals surface area (Å²) >= 11 is 0. The predicted molar refractivity (Wildman–Crippen MR) is 114 cm³/mol. The Morgan fingerprint density at radius 1 is 1.07 bits per heavy atom. The monoisotopic (exact) mass is 393 g/mol. The third kappa shape index (κ3) is 6.92. The van der Waals surface area contributed by atoms with Gasteiger partial charge in [0, 0.05) is 51.4 Å². The van der Waals surface area contributed by atoms with Gasteiger partial charge in [0.25, 0.3) is 0 Å².